The van der Waals surface area contributed by atoms with Crippen LogP contribution >= 0.6 is 11.3 Å². The molecule has 3 rings (SSSR count). The number of nitrogens with zero attached hydrogens (tertiary/aromatic N) is 4. The van der Waals surface area contributed by atoms with E-state index in [0.717, 1.165) is 31.2 Å². The Morgan fingerprint density at radius 1 is 1.58 bits per heavy atom. The smallest absolute Gasteiger partial charge is 0.193 e. The fraction of sp³-hybridized carbons (Fsp3) is 0.529. The zero-order chi connectivity index (χ0) is 16.9. The molecule has 2 atom stereocenters. The Morgan fingerprint density at radius 3 is 3.12 bits per heavy atom. The van der Waals surface area contributed by atoms with Gasteiger partial charge >= 0.3 is 0 Å². The van der Waals surface area contributed by atoms with Crippen LogP contribution in [0, 0.1) is 0 Å². The van der Waals surface area contributed by atoms with Crippen LogP contribution in [0.5, 0.6) is 0 Å². The van der Waals surface area contributed by atoms with Gasteiger partial charge in [-0.15, -0.1) is 11.3 Å². The molecule has 0 amide bonds. The van der Waals surface area contributed by atoms with E-state index in [1.54, 1.807) is 11.3 Å². The van der Waals surface area contributed by atoms with Gasteiger partial charge in [-0.25, -0.2) is 0 Å². The van der Waals surface area contributed by atoms with E-state index >= 15 is 0 Å². The van der Waals surface area contributed by atoms with E-state index in [-0.39, 0.29) is 6.10 Å². The topological polar surface area (TPSA) is 54.7 Å². The molecule has 1 N–H and O–H groups in total. The highest BCUT2D eigenvalue weighted by Gasteiger charge is 2.25. The summed E-state index contributed by atoms with van der Waals surface area (Å²) >= 11 is 1.80. The van der Waals surface area contributed by atoms with Crippen molar-refractivity contribution in [3.8, 4) is 0 Å². The minimum absolute atomic E-state index is 0.0423. The second kappa shape index (κ2) is 7.81. The number of nitrogens with one attached hydrogen (secondary N) is 1. The lowest BCUT2D eigenvalue weighted by Gasteiger charge is -2.35. The van der Waals surface area contributed by atoms with Gasteiger partial charge in [0.05, 0.1) is 19.3 Å². The molecule has 2 unspecified atom stereocenters. The molecule has 0 aromatic carbocycles. The number of aryl methyl sites for hydroxylation is 1. The summed E-state index contributed by atoms with van der Waals surface area (Å²) in [5.41, 5.74) is 1.12. The normalized spacial score (nSPS) is 20.2. The predicted molar refractivity (Wildman–Crippen MR) is 97.6 cm³/mol. The molecule has 0 aliphatic carbocycles. The maximum Gasteiger partial charge on any atom is 0.193 e. The minimum Gasteiger partial charge on any atom is -0.370 e. The number of guanidine groups is 1. The third kappa shape index (κ3) is 3.96. The Morgan fingerprint density at radius 2 is 2.46 bits per heavy atom. The van der Waals surface area contributed by atoms with E-state index in [1.165, 1.54) is 4.88 Å². The van der Waals surface area contributed by atoms with Crippen LogP contribution in [-0.2, 0) is 11.8 Å². The molecule has 1 saturated heterocycles. The number of thiophene rings is 1. The molecule has 0 saturated carbocycles. The number of aliphatic imine (C=N–C) groups is 1. The van der Waals surface area contributed by atoms with Crippen molar-refractivity contribution in [1.29, 1.82) is 0 Å². The van der Waals surface area contributed by atoms with E-state index in [0.29, 0.717) is 12.5 Å². The minimum atomic E-state index is 0.0423. The van der Waals surface area contributed by atoms with Crippen LogP contribution in [0.1, 0.15) is 29.4 Å². The summed E-state index contributed by atoms with van der Waals surface area (Å²) in [6.45, 7) is 5.45. The number of hydrogen-bond donors (Lipinski definition) is 1. The summed E-state index contributed by atoms with van der Waals surface area (Å²) in [6, 6.07) is 4.29. The molecule has 7 heteroatoms. The highest BCUT2D eigenvalue weighted by molar-refractivity contribution is 7.10. The molecule has 0 spiro atoms. The lowest BCUT2D eigenvalue weighted by atomic mass is 10.1. The van der Waals surface area contributed by atoms with Crippen LogP contribution < -0.4 is 5.32 Å². The van der Waals surface area contributed by atoms with Crippen molar-refractivity contribution >= 4 is 17.3 Å². The maximum absolute atomic E-state index is 5.91. The monoisotopic (exact) mass is 347 g/mol. The van der Waals surface area contributed by atoms with Crippen LogP contribution in [0.2, 0.25) is 0 Å². The zero-order valence-corrected chi connectivity index (χ0v) is 15.3. The molecule has 2 aromatic heterocycles. The molecule has 2 aromatic rings. The van der Waals surface area contributed by atoms with Gasteiger partial charge in [0.1, 0.15) is 6.10 Å². The van der Waals surface area contributed by atoms with Crippen molar-refractivity contribution in [2.45, 2.75) is 18.9 Å². The quantitative estimate of drug-likeness (QED) is 0.681. The summed E-state index contributed by atoms with van der Waals surface area (Å²) in [6.07, 6.45) is 3.94. The Kier molecular flexibility index (Phi) is 5.52. The third-order valence-corrected chi connectivity index (χ3v) is 5.37. The van der Waals surface area contributed by atoms with E-state index in [2.05, 4.69) is 44.7 Å². The highest BCUT2D eigenvalue weighted by Crippen LogP contribution is 2.22. The Labute approximate surface area is 147 Å². The number of ether oxygens (including phenoxy) is 1. The number of rotatable bonds is 4. The van der Waals surface area contributed by atoms with Gasteiger partial charge in [0.2, 0.25) is 0 Å². The second-order valence-corrected chi connectivity index (χ2v) is 7.08. The van der Waals surface area contributed by atoms with Gasteiger partial charge in [-0.05, 0) is 11.4 Å². The Bertz CT molecular complexity index is 666. The first-order chi connectivity index (χ1) is 11.7. The number of aromatic nitrogens is 2. The van der Waals surface area contributed by atoms with Crippen molar-refractivity contribution in [3.63, 3.8) is 0 Å². The molecular formula is C17H25N5OS. The summed E-state index contributed by atoms with van der Waals surface area (Å²) < 4.78 is 7.72. The Balaban J connectivity index is 1.58. The molecule has 1 aliphatic heterocycles. The van der Waals surface area contributed by atoms with Crippen LogP contribution in [0.3, 0.4) is 0 Å². The van der Waals surface area contributed by atoms with Crippen LogP contribution in [-0.4, -0.2) is 53.9 Å². The van der Waals surface area contributed by atoms with Crippen molar-refractivity contribution < 1.29 is 4.74 Å². The number of hydrogen-bond acceptors (Lipinski definition) is 4. The molecule has 1 fully saturated rings. The maximum atomic E-state index is 5.91. The van der Waals surface area contributed by atoms with E-state index < -0.39 is 0 Å². The largest absolute Gasteiger partial charge is 0.370 e. The van der Waals surface area contributed by atoms with Gasteiger partial charge < -0.3 is 15.0 Å². The molecule has 130 valence electrons. The van der Waals surface area contributed by atoms with Crippen molar-refractivity contribution in [2.75, 3.05) is 33.3 Å². The van der Waals surface area contributed by atoms with Crippen molar-refractivity contribution in [3.05, 3.63) is 40.3 Å². The second-order valence-electron chi connectivity index (χ2n) is 6.10. The van der Waals surface area contributed by atoms with Gasteiger partial charge in [0.15, 0.2) is 5.96 Å². The van der Waals surface area contributed by atoms with Gasteiger partial charge in [-0.3, -0.25) is 9.67 Å². The molecule has 0 radical (unpaired) electrons. The predicted octanol–water partition coefficient (Wildman–Crippen LogP) is 2.23. The lowest BCUT2D eigenvalue weighted by molar-refractivity contribution is -0.00803. The molecule has 6 nitrogen and oxygen atoms in total. The average Bonchev–Trinajstić information content (AvgIpc) is 3.27. The first-order valence-electron chi connectivity index (χ1n) is 8.26. The average molecular weight is 347 g/mol. The Hall–Kier alpha value is -1.86. The third-order valence-electron chi connectivity index (χ3n) is 4.27. The number of morpholine rings is 1. The van der Waals surface area contributed by atoms with Crippen molar-refractivity contribution in [1.82, 2.24) is 20.0 Å². The molecule has 24 heavy (non-hydrogen) atoms. The lowest BCUT2D eigenvalue weighted by Crippen LogP contribution is -2.48. The van der Waals surface area contributed by atoms with Crippen molar-refractivity contribution in [2.24, 2.45) is 12.0 Å². The van der Waals surface area contributed by atoms with Gasteiger partial charge in [-0.1, -0.05) is 13.0 Å². The molecule has 1 aliphatic rings. The van der Waals surface area contributed by atoms with E-state index in [9.17, 15) is 0 Å². The molecule has 3 heterocycles. The molecule has 0 bridgehead atoms. The zero-order valence-electron chi connectivity index (χ0n) is 14.5. The summed E-state index contributed by atoms with van der Waals surface area (Å²) in [4.78, 5) is 8.12. The highest BCUT2D eigenvalue weighted by atomic mass is 32.1. The van der Waals surface area contributed by atoms with Crippen LogP contribution in [0.4, 0.5) is 0 Å². The summed E-state index contributed by atoms with van der Waals surface area (Å²) in [5, 5.41) is 9.88. The van der Waals surface area contributed by atoms with Gasteiger partial charge in [0.25, 0.3) is 0 Å². The van der Waals surface area contributed by atoms with Crippen LogP contribution in [0.15, 0.2) is 34.9 Å². The standard InChI is InChI=1S/C17H25N5OS/c1-13(16-5-4-8-24-16)9-19-17(18-2)22-6-7-23-15(12-22)14-10-20-21(3)11-14/h4-5,8,10-11,13,15H,6-7,9,12H2,1-3H3,(H,18,19). The fourth-order valence-electron chi connectivity index (χ4n) is 2.90. The molecular weight excluding hydrogens is 322 g/mol. The van der Waals surface area contributed by atoms with E-state index in [1.807, 2.05) is 31.2 Å². The van der Waals surface area contributed by atoms with Crippen LogP contribution in [0.25, 0.3) is 0 Å². The first-order valence-corrected chi connectivity index (χ1v) is 9.14. The SMILES string of the molecule is CN=C(NCC(C)c1cccs1)N1CCOC(c2cnn(C)c2)C1. The van der Waals surface area contributed by atoms with Gasteiger partial charge in [0, 0.05) is 49.7 Å². The van der Waals surface area contributed by atoms with E-state index in [4.69, 9.17) is 4.74 Å². The summed E-state index contributed by atoms with van der Waals surface area (Å²) in [7, 11) is 3.77. The first kappa shape index (κ1) is 17.0. The van der Waals surface area contributed by atoms with Gasteiger partial charge in [-0.2, -0.15) is 5.10 Å². The fourth-order valence-corrected chi connectivity index (χ4v) is 3.69. The summed E-state index contributed by atoms with van der Waals surface area (Å²) in [5.74, 6) is 1.41.